The summed E-state index contributed by atoms with van der Waals surface area (Å²) < 4.78 is 0. The number of carbonyl (C=O) groups is 2. The van der Waals surface area contributed by atoms with Crippen LogP contribution in [0.15, 0.2) is 12.1 Å². The van der Waals surface area contributed by atoms with Crippen molar-refractivity contribution in [1.82, 2.24) is 14.8 Å². The zero-order valence-electron chi connectivity index (χ0n) is 12.1. The highest BCUT2D eigenvalue weighted by Crippen LogP contribution is 2.14. The van der Waals surface area contributed by atoms with Crippen molar-refractivity contribution in [2.24, 2.45) is 0 Å². The lowest BCUT2D eigenvalue weighted by Gasteiger charge is -2.20. The minimum absolute atomic E-state index is 0.0181. The summed E-state index contributed by atoms with van der Waals surface area (Å²) in [5, 5.41) is 2.94. The molecule has 20 heavy (non-hydrogen) atoms. The molecule has 0 radical (unpaired) electrons. The van der Waals surface area contributed by atoms with Crippen molar-refractivity contribution in [1.29, 1.82) is 0 Å². The number of hydrogen-bond acceptors (Lipinski definition) is 4. The lowest BCUT2D eigenvalue weighted by atomic mass is 10.2. The summed E-state index contributed by atoms with van der Waals surface area (Å²) in [6, 6.07) is 3.47. The number of nitrogens with one attached hydrogen (secondary N) is 1. The summed E-state index contributed by atoms with van der Waals surface area (Å²) in [5.74, 6) is 0.526. The van der Waals surface area contributed by atoms with Gasteiger partial charge in [0.2, 0.25) is 5.91 Å². The first-order chi connectivity index (χ1) is 9.51. The van der Waals surface area contributed by atoms with E-state index < -0.39 is 0 Å². The zero-order chi connectivity index (χ0) is 14.7. The van der Waals surface area contributed by atoms with Gasteiger partial charge in [-0.3, -0.25) is 9.59 Å². The van der Waals surface area contributed by atoms with Gasteiger partial charge in [-0.25, -0.2) is 4.98 Å². The second-order valence-corrected chi connectivity index (χ2v) is 5.03. The minimum atomic E-state index is -0.115. The summed E-state index contributed by atoms with van der Waals surface area (Å²) in [6.07, 6.45) is 0.803. The Labute approximate surface area is 118 Å². The van der Waals surface area contributed by atoms with Crippen LogP contribution in [0.1, 0.15) is 22.5 Å². The van der Waals surface area contributed by atoms with Crippen LogP contribution in [0.3, 0.4) is 0 Å². The van der Waals surface area contributed by atoms with E-state index in [2.05, 4.69) is 10.3 Å². The molecule has 2 rings (SSSR count). The molecule has 108 valence electrons. The molecule has 0 bridgehead atoms. The first-order valence-corrected chi connectivity index (χ1v) is 6.71. The summed E-state index contributed by atoms with van der Waals surface area (Å²) in [7, 11) is 3.53. The van der Waals surface area contributed by atoms with Gasteiger partial charge in [0.1, 0.15) is 12.4 Å². The lowest BCUT2D eigenvalue weighted by Crippen LogP contribution is -2.38. The second-order valence-electron chi connectivity index (χ2n) is 5.03. The van der Waals surface area contributed by atoms with Crippen molar-refractivity contribution in [2.45, 2.75) is 13.3 Å². The number of carbonyl (C=O) groups excluding carboxylic acids is 2. The molecule has 1 N–H and O–H groups in total. The van der Waals surface area contributed by atoms with Gasteiger partial charge in [-0.15, -0.1) is 0 Å². The van der Waals surface area contributed by atoms with Crippen LogP contribution in [-0.2, 0) is 4.79 Å². The number of pyridine rings is 1. The Bertz CT molecular complexity index is 530. The molecule has 6 heteroatoms. The molecule has 0 unspecified atom stereocenters. The molecule has 2 amide bonds. The fourth-order valence-corrected chi connectivity index (χ4v) is 2.26. The Morgan fingerprint density at radius 3 is 2.80 bits per heavy atom. The van der Waals surface area contributed by atoms with E-state index in [9.17, 15) is 9.59 Å². The first-order valence-electron chi connectivity index (χ1n) is 6.71. The maximum atomic E-state index is 12.5. The molecule has 1 aliphatic rings. The molecule has 0 aliphatic carbocycles. The van der Waals surface area contributed by atoms with Crippen LogP contribution < -0.4 is 5.32 Å². The fourth-order valence-electron chi connectivity index (χ4n) is 2.26. The Kier molecular flexibility index (Phi) is 4.22. The van der Waals surface area contributed by atoms with Gasteiger partial charge in [-0.2, -0.15) is 0 Å². The van der Waals surface area contributed by atoms with Crippen molar-refractivity contribution in [2.75, 3.05) is 39.0 Å². The standard InChI is InChI=1S/C14H20N4O2/c1-10-7-11(8-12(15-2)16-10)14(20)18-6-4-5-17(3)13(19)9-18/h7-8H,4-6,9H2,1-3H3,(H,15,16). The number of amides is 2. The number of likely N-dealkylation sites (N-methyl/N-ethyl adjacent to an activating group) is 1. The molecule has 1 aromatic rings. The largest absolute Gasteiger partial charge is 0.373 e. The molecule has 1 fully saturated rings. The Morgan fingerprint density at radius 2 is 2.10 bits per heavy atom. The number of rotatable bonds is 2. The van der Waals surface area contributed by atoms with E-state index >= 15 is 0 Å². The monoisotopic (exact) mass is 276 g/mol. The number of hydrogen-bond donors (Lipinski definition) is 1. The third kappa shape index (κ3) is 3.07. The fraction of sp³-hybridized carbons (Fsp3) is 0.500. The van der Waals surface area contributed by atoms with Crippen molar-refractivity contribution >= 4 is 17.6 Å². The highest BCUT2D eigenvalue weighted by molar-refractivity contribution is 5.97. The van der Waals surface area contributed by atoms with Crippen LogP contribution >= 0.6 is 0 Å². The highest BCUT2D eigenvalue weighted by atomic mass is 16.2. The van der Waals surface area contributed by atoms with Crippen LogP contribution in [-0.4, -0.2) is 60.3 Å². The van der Waals surface area contributed by atoms with E-state index in [-0.39, 0.29) is 18.4 Å². The van der Waals surface area contributed by atoms with Gasteiger partial charge in [0, 0.05) is 38.4 Å². The van der Waals surface area contributed by atoms with E-state index in [1.54, 1.807) is 36.0 Å². The Hall–Kier alpha value is -2.11. The van der Waals surface area contributed by atoms with Gasteiger partial charge in [0.15, 0.2) is 0 Å². The van der Waals surface area contributed by atoms with Crippen LogP contribution in [0.2, 0.25) is 0 Å². The van der Waals surface area contributed by atoms with Gasteiger partial charge < -0.3 is 15.1 Å². The Balaban J connectivity index is 2.22. The topological polar surface area (TPSA) is 65.5 Å². The third-order valence-electron chi connectivity index (χ3n) is 3.42. The average Bonchev–Trinajstić information content (AvgIpc) is 2.59. The van der Waals surface area contributed by atoms with Gasteiger partial charge in [0.05, 0.1) is 0 Å². The Morgan fingerprint density at radius 1 is 1.35 bits per heavy atom. The van der Waals surface area contributed by atoms with E-state index in [4.69, 9.17) is 0 Å². The first kappa shape index (κ1) is 14.3. The predicted octanol–water partition coefficient (Wildman–Crippen LogP) is 0.736. The molecule has 6 nitrogen and oxygen atoms in total. The molecule has 0 saturated carbocycles. The minimum Gasteiger partial charge on any atom is -0.373 e. The lowest BCUT2D eigenvalue weighted by molar-refractivity contribution is -0.129. The van der Waals surface area contributed by atoms with Gasteiger partial charge in [0.25, 0.3) is 5.91 Å². The molecule has 1 aromatic heterocycles. The zero-order valence-corrected chi connectivity index (χ0v) is 12.1. The molecule has 1 aliphatic heterocycles. The van der Waals surface area contributed by atoms with Gasteiger partial charge >= 0.3 is 0 Å². The molecule has 0 atom stereocenters. The summed E-state index contributed by atoms with van der Waals surface area (Å²) in [4.78, 5) is 31.9. The van der Waals surface area contributed by atoms with Crippen LogP contribution in [0.25, 0.3) is 0 Å². The molecule has 2 heterocycles. The van der Waals surface area contributed by atoms with E-state index in [0.717, 1.165) is 12.1 Å². The molecular formula is C14H20N4O2. The number of nitrogens with zero attached hydrogens (tertiary/aromatic N) is 3. The van der Waals surface area contributed by atoms with E-state index in [1.807, 2.05) is 6.92 Å². The second kappa shape index (κ2) is 5.90. The molecule has 0 spiro atoms. The maximum Gasteiger partial charge on any atom is 0.254 e. The maximum absolute atomic E-state index is 12.5. The van der Waals surface area contributed by atoms with Gasteiger partial charge in [-0.05, 0) is 25.5 Å². The van der Waals surface area contributed by atoms with Crippen LogP contribution in [0, 0.1) is 6.92 Å². The number of anilines is 1. The highest BCUT2D eigenvalue weighted by Gasteiger charge is 2.24. The third-order valence-corrected chi connectivity index (χ3v) is 3.42. The van der Waals surface area contributed by atoms with Crippen molar-refractivity contribution in [3.63, 3.8) is 0 Å². The van der Waals surface area contributed by atoms with Crippen molar-refractivity contribution in [3.05, 3.63) is 23.4 Å². The normalized spacial score (nSPS) is 16.1. The summed E-state index contributed by atoms with van der Waals surface area (Å²) in [6.45, 7) is 3.29. The van der Waals surface area contributed by atoms with Crippen molar-refractivity contribution < 1.29 is 9.59 Å². The summed E-state index contributed by atoms with van der Waals surface area (Å²) >= 11 is 0. The van der Waals surface area contributed by atoms with Crippen LogP contribution in [0.4, 0.5) is 5.82 Å². The molecule has 1 saturated heterocycles. The van der Waals surface area contributed by atoms with Crippen molar-refractivity contribution in [3.8, 4) is 0 Å². The molecule has 0 aromatic carbocycles. The van der Waals surface area contributed by atoms with E-state index in [1.165, 1.54) is 0 Å². The predicted molar refractivity (Wildman–Crippen MR) is 76.7 cm³/mol. The SMILES string of the molecule is CNc1cc(C(=O)N2CCCN(C)C(=O)C2)cc(C)n1. The number of aromatic nitrogens is 1. The smallest absolute Gasteiger partial charge is 0.254 e. The van der Waals surface area contributed by atoms with E-state index in [0.29, 0.717) is 24.5 Å². The summed E-state index contributed by atoms with van der Waals surface area (Å²) in [5.41, 5.74) is 1.35. The van der Waals surface area contributed by atoms with Crippen LogP contribution in [0.5, 0.6) is 0 Å². The quantitative estimate of drug-likeness (QED) is 0.865. The van der Waals surface area contributed by atoms with Gasteiger partial charge in [-0.1, -0.05) is 0 Å². The number of aryl methyl sites for hydroxylation is 1. The average molecular weight is 276 g/mol. The molecular weight excluding hydrogens is 256 g/mol.